The summed E-state index contributed by atoms with van der Waals surface area (Å²) in [6.07, 6.45) is 5.31. The minimum absolute atomic E-state index is 0.180. The number of allylic oxidation sites excluding steroid dienone is 2. The van der Waals surface area contributed by atoms with E-state index in [1.54, 1.807) is 30.5 Å². The summed E-state index contributed by atoms with van der Waals surface area (Å²) in [6.45, 7) is 0. The molecule has 2 aromatic rings. The van der Waals surface area contributed by atoms with Gasteiger partial charge in [-0.3, -0.25) is 30.5 Å². The maximum absolute atomic E-state index is 10.3. The number of hydrogen-bond donors (Lipinski definition) is 2. The van der Waals surface area contributed by atoms with E-state index in [1.165, 1.54) is 13.3 Å². The van der Waals surface area contributed by atoms with Crippen LogP contribution in [0.2, 0.25) is 10.3 Å². The molecule has 0 unspecified atom stereocenters. The van der Waals surface area contributed by atoms with Crippen LogP contribution in [0.4, 0.5) is 0 Å². The van der Waals surface area contributed by atoms with E-state index in [9.17, 15) is 20.2 Å². The molecular formula is C17H18Cl2N6O5. The maximum atomic E-state index is 10.3. The second kappa shape index (κ2) is 13.0. The Kier molecular flexibility index (Phi) is 10.8. The average Bonchev–Trinajstić information content (AvgIpc) is 2.65. The van der Waals surface area contributed by atoms with E-state index < -0.39 is 9.85 Å². The van der Waals surface area contributed by atoms with Crippen molar-refractivity contribution >= 4 is 23.2 Å². The van der Waals surface area contributed by atoms with Gasteiger partial charge in [-0.1, -0.05) is 35.3 Å². The molecule has 0 saturated heterocycles. The lowest BCUT2D eigenvalue weighted by Crippen LogP contribution is -2.14. The number of aromatic nitrogens is 2. The van der Waals surface area contributed by atoms with Gasteiger partial charge in [-0.2, -0.15) is 0 Å². The van der Waals surface area contributed by atoms with Crippen LogP contribution in [0.15, 0.2) is 60.5 Å². The van der Waals surface area contributed by atoms with Crippen LogP contribution in [-0.2, 0) is 17.7 Å². The normalized spacial score (nSPS) is 11.3. The minimum Gasteiger partial charge on any atom is -0.397 e. The first-order valence-electron chi connectivity index (χ1n) is 8.13. The fraction of sp³-hybridized carbons (Fsp3) is 0.176. The Hall–Kier alpha value is -3.28. The number of halogens is 2. The number of nitrogens with zero attached hydrogens (tertiary/aromatic N) is 4. The molecule has 11 nitrogen and oxygen atoms in total. The van der Waals surface area contributed by atoms with Crippen molar-refractivity contribution in [2.45, 2.75) is 12.8 Å². The first kappa shape index (κ1) is 24.8. The zero-order valence-corrected chi connectivity index (χ0v) is 17.2. The minimum atomic E-state index is -0.585. The zero-order valence-electron chi connectivity index (χ0n) is 15.7. The van der Waals surface area contributed by atoms with E-state index in [0.717, 1.165) is 23.5 Å². The van der Waals surface area contributed by atoms with Gasteiger partial charge in [-0.05, 0) is 23.3 Å². The van der Waals surface area contributed by atoms with Crippen LogP contribution in [0.25, 0.3) is 0 Å². The van der Waals surface area contributed by atoms with Crippen LogP contribution in [0.1, 0.15) is 11.1 Å². The quantitative estimate of drug-likeness (QED) is 0.345. The lowest BCUT2D eigenvalue weighted by molar-refractivity contribution is -0.404. The zero-order chi connectivity index (χ0) is 22.5. The van der Waals surface area contributed by atoms with Gasteiger partial charge in [0, 0.05) is 25.2 Å². The topological polar surface area (TPSA) is 159 Å². The van der Waals surface area contributed by atoms with Gasteiger partial charge >= 0.3 is 0 Å². The number of hydroxylamine groups is 1. The summed E-state index contributed by atoms with van der Waals surface area (Å²) in [5.41, 5.74) is 9.93. The SMILES string of the molecule is CON/C(=C/[N+](=O)[O-])Cc1ccc(Cl)nc1.N/C(=C/[N+](=O)[O-])Cc1ccc(Cl)nc1. The molecule has 0 amide bonds. The smallest absolute Gasteiger partial charge is 0.255 e. The molecule has 160 valence electrons. The third-order valence-corrected chi connectivity index (χ3v) is 3.59. The third-order valence-electron chi connectivity index (χ3n) is 3.15. The van der Waals surface area contributed by atoms with Gasteiger partial charge in [-0.15, -0.1) is 0 Å². The van der Waals surface area contributed by atoms with E-state index in [1.807, 2.05) is 0 Å². The molecule has 2 rings (SSSR count). The molecular weight excluding hydrogens is 439 g/mol. The fourth-order valence-electron chi connectivity index (χ4n) is 2.03. The molecule has 3 N–H and O–H groups in total. The molecule has 0 aliphatic heterocycles. The van der Waals surface area contributed by atoms with Crippen molar-refractivity contribution in [2.24, 2.45) is 5.73 Å². The molecule has 0 aliphatic carbocycles. The first-order valence-corrected chi connectivity index (χ1v) is 8.89. The number of nitro groups is 2. The predicted octanol–water partition coefficient (Wildman–Crippen LogP) is 2.90. The van der Waals surface area contributed by atoms with Crippen molar-refractivity contribution in [3.8, 4) is 0 Å². The van der Waals surface area contributed by atoms with Gasteiger partial charge in [0.2, 0.25) is 0 Å². The Morgan fingerprint density at radius 1 is 1.03 bits per heavy atom. The molecule has 13 heteroatoms. The van der Waals surface area contributed by atoms with Crippen molar-refractivity contribution in [3.05, 3.63) is 102 Å². The monoisotopic (exact) mass is 456 g/mol. The molecule has 0 radical (unpaired) electrons. The third kappa shape index (κ3) is 10.9. The highest BCUT2D eigenvalue weighted by Crippen LogP contribution is 2.09. The van der Waals surface area contributed by atoms with Crippen molar-refractivity contribution in [1.82, 2.24) is 15.4 Å². The summed E-state index contributed by atoms with van der Waals surface area (Å²) in [5, 5.41) is 21.2. The van der Waals surface area contributed by atoms with Gasteiger partial charge in [0.1, 0.15) is 16.0 Å². The molecule has 2 heterocycles. The molecule has 0 atom stereocenters. The Balaban J connectivity index is 0.000000303. The van der Waals surface area contributed by atoms with Crippen LogP contribution in [0.5, 0.6) is 0 Å². The van der Waals surface area contributed by atoms with E-state index in [0.29, 0.717) is 28.8 Å². The van der Waals surface area contributed by atoms with Gasteiger partial charge in [0.05, 0.1) is 22.7 Å². The molecule has 2 aromatic heterocycles. The largest absolute Gasteiger partial charge is 0.397 e. The number of nitrogens with two attached hydrogens (primary N) is 1. The van der Waals surface area contributed by atoms with Crippen LogP contribution < -0.4 is 11.2 Å². The second-order valence-corrected chi connectivity index (χ2v) is 6.34. The Bertz CT molecular complexity index is 904. The molecule has 0 saturated carbocycles. The van der Waals surface area contributed by atoms with Crippen LogP contribution in [0, 0.1) is 20.2 Å². The molecule has 0 spiro atoms. The van der Waals surface area contributed by atoms with Crippen molar-refractivity contribution in [2.75, 3.05) is 7.11 Å². The number of nitrogens with one attached hydrogen (secondary N) is 1. The second-order valence-electron chi connectivity index (χ2n) is 5.57. The van der Waals surface area contributed by atoms with E-state index in [4.69, 9.17) is 28.9 Å². The number of pyridine rings is 2. The van der Waals surface area contributed by atoms with Crippen molar-refractivity contribution in [3.63, 3.8) is 0 Å². The summed E-state index contributed by atoms with van der Waals surface area (Å²) in [6, 6.07) is 6.68. The van der Waals surface area contributed by atoms with Crippen LogP contribution in [-0.4, -0.2) is 26.9 Å². The Labute approximate surface area is 181 Å². The summed E-state index contributed by atoms with van der Waals surface area (Å²) in [7, 11) is 1.38. The molecule has 30 heavy (non-hydrogen) atoms. The summed E-state index contributed by atoms with van der Waals surface area (Å²) >= 11 is 11.2. The molecule has 0 bridgehead atoms. The van der Waals surface area contributed by atoms with Gasteiger partial charge in [0.25, 0.3) is 12.4 Å². The molecule has 0 aromatic carbocycles. The van der Waals surface area contributed by atoms with Crippen molar-refractivity contribution < 1.29 is 14.7 Å². The summed E-state index contributed by atoms with van der Waals surface area (Å²) in [4.78, 5) is 31.6. The van der Waals surface area contributed by atoms with E-state index in [2.05, 4.69) is 20.3 Å². The standard InChI is InChI=1S/C9H10ClN3O3.C8H8ClN3O2/c1-16-12-8(6-13(14)15)4-7-2-3-9(10)11-5-7;9-8-2-1-6(4-11-8)3-7(10)5-12(13)14/h2-3,5-6,12H,4H2,1H3;1-2,4-5H,3,10H2/b8-6+;7-5+. The number of rotatable bonds is 8. The maximum Gasteiger partial charge on any atom is 0.255 e. The summed E-state index contributed by atoms with van der Waals surface area (Å²) < 4.78 is 0. The van der Waals surface area contributed by atoms with Crippen molar-refractivity contribution in [1.29, 1.82) is 0 Å². The molecule has 0 aliphatic rings. The highest BCUT2D eigenvalue weighted by Gasteiger charge is 2.05. The Morgan fingerprint density at radius 2 is 1.53 bits per heavy atom. The van der Waals surface area contributed by atoms with E-state index in [-0.39, 0.29) is 5.70 Å². The lowest BCUT2D eigenvalue weighted by atomic mass is 10.2. The Morgan fingerprint density at radius 3 is 1.93 bits per heavy atom. The number of hydrogen-bond acceptors (Lipinski definition) is 9. The molecule has 0 fully saturated rings. The van der Waals surface area contributed by atoms with E-state index >= 15 is 0 Å². The lowest BCUT2D eigenvalue weighted by Gasteiger charge is -2.05. The highest BCUT2D eigenvalue weighted by molar-refractivity contribution is 6.29. The highest BCUT2D eigenvalue weighted by atomic mass is 35.5. The van der Waals surface area contributed by atoms with Crippen LogP contribution >= 0.6 is 23.2 Å². The fourth-order valence-corrected chi connectivity index (χ4v) is 2.25. The van der Waals surface area contributed by atoms with Gasteiger partial charge in [0.15, 0.2) is 0 Å². The predicted molar refractivity (Wildman–Crippen MR) is 110 cm³/mol. The van der Waals surface area contributed by atoms with Gasteiger partial charge < -0.3 is 5.73 Å². The van der Waals surface area contributed by atoms with Gasteiger partial charge in [-0.25, -0.2) is 9.97 Å². The summed E-state index contributed by atoms with van der Waals surface area (Å²) in [5.74, 6) is 0. The first-order chi connectivity index (χ1) is 14.2. The van der Waals surface area contributed by atoms with Crippen LogP contribution in [0.3, 0.4) is 0 Å². The average molecular weight is 457 g/mol.